The van der Waals surface area contributed by atoms with Crippen molar-refractivity contribution in [2.75, 3.05) is 0 Å². The molecule has 0 aromatic heterocycles. The first-order chi connectivity index (χ1) is 6.65. The lowest BCUT2D eigenvalue weighted by Crippen LogP contribution is -2.44. The fraction of sp³-hybridized carbons (Fsp3) is 0.727. The summed E-state index contributed by atoms with van der Waals surface area (Å²) in [6.45, 7) is 3.80. The van der Waals surface area contributed by atoms with Crippen molar-refractivity contribution >= 4 is 5.97 Å². The number of cyclic esters (lactones) is 1. The number of ether oxygens (including phenoxy) is 1. The maximum atomic E-state index is 10.8. The summed E-state index contributed by atoms with van der Waals surface area (Å²) in [6.07, 6.45) is 5.77. The highest BCUT2D eigenvalue weighted by Crippen LogP contribution is 2.26. The van der Waals surface area contributed by atoms with Crippen molar-refractivity contribution < 1.29 is 14.6 Å². The molecule has 1 saturated heterocycles. The van der Waals surface area contributed by atoms with Crippen LogP contribution in [0, 0.1) is 5.92 Å². The number of allylic oxidation sites excluding steroid dienone is 2. The molecule has 3 nitrogen and oxygen atoms in total. The molecule has 1 aliphatic heterocycles. The minimum atomic E-state index is -0.355. The van der Waals surface area contributed by atoms with Gasteiger partial charge in [0.05, 0.1) is 12.0 Å². The summed E-state index contributed by atoms with van der Waals surface area (Å²) >= 11 is 0. The van der Waals surface area contributed by atoms with Crippen molar-refractivity contribution in [3.63, 3.8) is 0 Å². The number of aliphatic hydroxyl groups is 1. The zero-order chi connectivity index (χ0) is 10.6. The minimum absolute atomic E-state index is 0.0358. The molecule has 0 aromatic carbocycles. The molecule has 0 saturated carbocycles. The lowest BCUT2D eigenvalue weighted by Gasteiger charge is -2.33. The number of esters is 1. The average Bonchev–Trinajstić information content (AvgIpc) is 2.17. The Labute approximate surface area is 84.8 Å². The van der Waals surface area contributed by atoms with Gasteiger partial charge in [-0.2, -0.15) is 0 Å². The predicted molar refractivity (Wildman–Crippen MR) is 53.7 cm³/mol. The lowest BCUT2D eigenvalue weighted by molar-refractivity contribution is -0.185. The van der Waals surface area contributed by atoms with Crippen molar-refractivity contribution in [2.45, 2.75) is 45.3 Å². The van der Waals surface area contributed by atoms with E-state index in [2.05, 4.69) is 0 Å². The Morgan fingerprint density at radius 3 is 2.86 bits per heavy atom. The van der Waals surface area contributed by atoms with Crippen LogP contribution in [0.2, 0.25) is 0 Å². The molecule has 0 unspecified atom stereocenters. The summed E-state index contributed by atoms with van der Waals surface area (Å²) < 4.78 is 4.91. The third-order valence-corrected chi connectivity index (χ3v) is 2.60. The molecule has 0 aromatic rings. The maximum absolute atomic E-state index is 10.8. The second-order valence-corrected chi connectivity index (χ2v) is 3.80. The summed E-state index contributed by atoms with van der Waals surface area (Å²) in [5.74, 6) is -0.179. The van der Waals surface area contributed by atoms with Gasteiger partial charge < -0.3 is 9.84 Å². The third kappa shape index (κ3) is 2.84. The molecule has 0 radical (unpaired) electrons. The van der Waals surface area contributed by atoms with Crippen LogP contribution in [0.4, 0.5) is 0 Å². The van der Waals surface area contributed by atoms with Crippen LogP contribution in [0.5, 0.6) is 0 Å². The number of hydrogen-bond donors (Lipinski definition) is 1. The molecule has 0 bridgehead atoms. The van der Waals surface area contributed by atoms with Crippen molar-refractivity contribution in [1.82, 2.24) is 0 Å². The van der Waals surface area contributed by atoms with Crippen LogP contribution in [0.25, 0.3) is 0 Å². The van der Waals surface area contributed by atoms with Crippen molar-refractivity contribution in [3.05, 3.63) is 12.2 Å². The molecule has 1 heterocycles. The Kier molecular flexibility index (Phi) is 4.14. The van der Waals surface area contributed by atoms with E-state index in [1.165, 1.54) is 0 Å². The smallest absolute Gasteiger partial charge is 0.312 e. The first-order valence-electron chi connectivity index (χ1n) is 5.15. The highest BCUT2D eigenvalue weighted by atomic mass is 16.6. The Balaban J connectivity index is 2.14. The van der Waals surface area contributed by atoms with E-state index in [9.17, 15) is 9.90 Å². The van der Waals surface area contributed by atoms with Crippen LogP contribution in [0.15, 0.2) is 12.2 Å². The molecular weight excluding hydrogens is 180 g/mol. The SMILES string of the molecule is C/C=C/CC[C@@H](O)C[C@@H]1OC(=O)[C@H]1C. The van der Waals surface area contributed by atoms with E-state index in [0.717, 1.165) is 12.8 Å². The molecule has 0 amide bonds. The van der Waals surface area contributed by atoms with E-state index >= 15 is 0 Å². The van der Waals surface area contributed by atoms with Gasteiger partial charge in [-0.3, -0.25) is 4.79 Å². The zero-order valence-corrected chi connectivity index (χ0v) is 8.77. The standard InChI is InChI=1S/C11H18O3/c1-3-4-5-6-9(12)7-10-8(2)11(13)14-10/h3-4,8-10,12H,5-7H2,1-2H3/b4-3+/t8-,9+,10-/m0/s1. The Morgan fingerprint density at radius 2 is 2.36 bits per heavy atom. The number of hydrogen-bond acceptors (Lipinski definition) is 3. The van der Waals surface area contributed by atoms with Crippen LogP contribution in [-0.4, -0.2) is 23.3 Å². The Bertz CT molecular complexity index is 223. The van der Waals surface area contributed by atoms with E-state index in [1.807, 2.05) is 26.0 Å². The van der Waals surface area contributed by atoms with Crippen LogP contribution in [0.1, 0.15) is 33.1 Å². The number of aliphatic hydroxyl groups excluding tert-OH is 1. The third-order valence-electron chi connectivity index (χ3n) is 2.60. The first kappa shape index (κ1) is 11.2. The minimum Gasteiger partial charge on any atom is -0.461 e. The number of carbonyl (C=O) groups is 1. The Morgan fingerprint density at radius 1 is 1.64 bits per heavy atom. The maximum Gasteiger partial charge on any atom is 0.312 e. The van der Waals surface area contributed by atoms with Crippen molar-refractivity contribution in [1.29, 1.82) is 0 Å². The monoisotopic (exact) mass is 198 g/mol. The van der Waals surface area contributed by atoms with Crippen molar-refractivity contribution in [3.8, 4) is 0 Å². The highest BCUT2D eigenvalue weighted by molar-refractivity contribution is 5.77. The van der Waals surface area contributed by atoms with Gasteiger partial charge in [-0.05, 0) is 26.7 Å². The van der Waals surface area contributed by atoms with Gasteiger partial charge in [0.15, 0.2) is 0 Å². The number of rotatable bonds is 5. The van der Waals surface area contributed by atoms with Gasteiger partial charge in [-0.25, -0.2) is 0 Å². The molecule has 1 aliphatic rings. The average molecular weight is 198 g/mol. The summed E-state index contributed by atoms with van der Waals surface area (Å²) in [5, 5.41) is 9.59. The molecular formula is C11H18O3. The molecule has 14 heavy (non-hydrogen) atoms. The van der Waals surface area contributed by atoms with Gasteiger partial charge in [0.1, 0.15) is 6.10 Å². The molecule has 1 fully saturated rings. The van der Waals surface area contributed by atoms with Gasteiger partial charge in [0.25, 0.3) is 0 Å². The molecule has 3 atom stereocenters. The van der Waals surface area contributed by atoms with Gasteiger partial charge >= 0.3 is 5.97 Å². The second-order valence-electron chi connectivity index (χ2n) is 3.80. The van der Waals surface area contributed by atoms with E-state index in [1.54, 1.807) is 0 Å². The normalized spacial score (nSPS) is 28.6. The molecule has 80 valence electrons. The quantitative estimate of drug-likeness (QED) is 0.539. The van der Waals surface area contributed by atoms with Crippen LogP contribution in [-0.2, 0) is 9.53 Å². The van der Waals surface area contributed by atoms with Gasteiger partial charge in [0.2, 0.25) is 0 Å². The van der Waals surface area contributed by atoms with Crippen molar-refractivity contribution in [2.24, 2.45) is 5.92 Å². The fourth-order valence-electron chi connectivity index (χ4n) is 1.53. The highest BCUT2D eigenvalue weighted by Gasteiger charge is 2.39. The molecule has 3 heteroatoms. The van der Waals surface area contributed by atoms with E-state index in [0.29, 0.717) is 6.42 Å². The van der Waals surface area contributed by atoms with Crippen LogP contribution in [0.3, 0.4) is 0 Å². The Hall–Kier alpha value is -0.830. The van der Waals surface area contributed by atoms with Gasteiger partial charge in [-0.15, -0.1) is 0 Å². The van der Waals surface area contributed by atoms with E-state index < -0.39 is 0 Å². The van der Waals surface area contributed by atoms with Gasteiger partial charge in [-0.1, -0.05) is 12.2 Å². The van der Waals surface area contributed by atoms with E-state index in [-0.39, 0.29) is 24.1 Å². The van der Waals surface area contributed by atoms with Crippen LogP contribution < -0.4 is 0 Å². The first-order valence-corrected chi connectivity index (χ1v) is 5.15. The lowest BCUT2D eigenvalue weighted by atomic mass is 9.93. The molecule has 1 rings (SSSR count). The largest absolute Gasteiger partial charge is 0.461 e. The fourth-order valence-corrected chi connectivity index (χ4v) is 1.53. The predicted octanol–water partition coefficient (Wildman–Crippen LogP) is 1.66. The van der Waals surface area contributed by atoms with Crippen LogP contribution >= 0.6 is 0 Å². The van der Waals surface area contributed by atoms with E-state index in [4.69, 9.17) is 4.74 Å². The zero-order valence-electron chi connectivity index (χ0n) is 8.77. The summed E-state index contributed by atoms with van der Waals surface area (Å²) in [4.78, 5) is 10.8. The summed E-state index contributed by atoms with van der Waals surface area (Å²) in [5.41, 5.74) is 0. The summed E-state index contributed by atoms with van der Waals surface area (Å²) in [6, 6.07) is 0. The molecule has 0 aliphatic carbocycles. The second kappa shape index (κ2) is 5.15. The molecule has 1 N–H and O–H groups in total. The topological polar surface area (TPSA) is 46.5 Å². The molecule has 0 spiro atoms. The van der Waals surface area contributed by atoms with Gasteiger partial charge in [0, 0.05) is 6.42 Å². The number of carbonyl (C=O) groups excluding carboxylic acids is 1. The summed E-state index contributed by atoms with van der Waals surface area (Å²) in [7, 11) is 0.